The van der Waals surface area contributed by atoms with Gasteiger partial charge in [-0.2, -0.15) is 0 Å². The lowest BCUT2D eigenvalue weighted by Crippen LogP contribution is -2.07. The highest BCUT2D eigenvalue weighted by Crippen LogP contribution is 2.11. The van der Waals surface area contributed by atoms with Gasteiger partial charge in [-0.1, -0.05) is 42.1 Å². The lowest BCUT2D eigenvalue weighted by molar-refractivity contribution is -0.109. The highest BCUT2D eigenvalue weighted by atomic mass is 32.2. The van der Waals surface area contributed by atoms with Crippen LogP contribution in [0.25, 0.3) is 0 Å². The summed E-state index contributed by atoms with van der Waals surface area (Å²) < 4.78 is 16.2. The lowest BCUT2D eigenvalue weighted by Gasteiger charge is -2.01. The van der Waals surface area contributed by atoms with Crippen molar-refractivity contribution < 1.29 is 18.5 Å². The number of ether oxygens (including phenoxy) is 1. The van der Waals surface area contributed by atoms with E-state index in [-0.39, 0.29) is 16.7 Å². The molecule has 0 saturated carbocycles. The number of hydrogen-bond donors (Lipinski definition) is 1. The summed E-state index contributed by atoms with van der Waals surface area (Å²) in [5, 5.41) is 5.10. The van der Waals surface area contributed by atoms with Gasteiger partial charge >= 0.3 is 0 Å². The van der Waals surface area contributed by atoms with Crippen LogP contribution in [0.15, 0.2) is 59.5 Å². The van der Waals surface area contributed by atoms with Gasteiger partial charge in [0.25, 0.3) is 0 Å². The second-order valence-electron chi connectivity index (χ2n) is 4.77. The van der Waals surface area contributed by atoms with E-state index in [1.807, 2.05) is 37.3 Å². The summed E-state index contributed by atoms with van der Waals surface area (Å²) in [5.41, 5.74) is 0.421. The minimum Gasteiger partial charge on any atom is -0.494 e. The molecule has 5 nitrogen and oxygen atoms in total. The fourth-order valence-corrected chi connectivity index (χ4v) is 2.69. The van der Waals surface area contributed by atoms with Crippen molar-refractivity contribution in [2.24, 2.45) is 5.14 Å². The summed E-state index contributed by atoms with van der Waals surface area (Å²) in [4.78, 5) is 22.7. The zero-order valence-corrected chi connectivity index (χ0v) is 15.8. The molecule has 0 aliphatic carbocycles. The van der Waals surface area contributed by atoms with Crippen molar-refractivity contribution in [1.29, 1.82) is 0 Å². The van der Waals surface area contributed by atoms with E-state index < -0.39 is 11.0 Å². The number of carbonyl (C=O) groups is 2. The van der Waals surface area contributed by atoms with Crippen LogP contribution in [0.5, 0.6) is 5.75 Å². The summed E-state index contributed by atoms with van der Waals surface area (Å²) in [6.07, 6.45) is 0. The molecule has 0 saturated heterocycles. The van der Waals surface area contributed by atoms with Crippen molar-refractivity contribution in [3.05, 3.63) is 60.2 Å². The van der Waals surface area contributed by atoms with Gasteiger partial charge in [-0.25, -0.2) is 9.35 Å². The molecule has 0 amide bonds. The predicted octanol–water partition coefficient (Wildman–Crippen LogP) is 3.22. The van der Waals surface area contributed by atoms with E-state index in [9.17, 15) is 13.8 Å². The summed E-state index contributed by atoms with van der Waals surface area (Å²) >= 11 is 0.953. The van der Waals surface area contributed by atoms with Crippen LogP contribution >= 0.6 is 11.8 Å². The monoisotopic (exact) mass is 379 g/mol. The number of carbonyl (C=O) groups excluding carboxylic acids is 2. The topological polar surface area (TPSA) is 86.5 Å². The first-order valence-electron chi connectivity index (χ1n) is 7.54. The highest BCUT2D eigenvalue weighted by molar-refractivity contribution is 8.14. The summed E-state index contributed by atoms with van der Waals surface area (Å²) in [5.74, 6) is 0.864. The van der Waals surface area contributed by atoms with Gasteiger partial charge in [-0.15, -0.1) is 0 Å². The van der Waals surface area contributed by atoms with Crippen LogP contribution in [-0.4, -0.2) is 27.5 Å². The fraction of sp³-hybridized carbons (Fsp3) is 0.222. The van der Waals surface area contributed by atoms with Crippen LogP contribution in [0, 0.1) is 0 Å². The standard InChI is InChI=1S/C10H11NO3S2.C8H10O/c1-7(12)15-6-10(13)8-3-2-4-9(5-8)16(11)14;1-2-9-8-6-4-3-5-7-8/h2-5H,6,11H2,1H3;3-7H,2H2,1H3. The first kappa shape index (κ1) is 21.1. The summed E-state index contributed by atoms with van der Waals surface area (Å²) in [6.45, 7) is 4.13. The number of hydrogen-bond acceptors (Lipinski definition) is 5. The molecule has 0 aromatic heterocycles. The van der Waals surface area contributed by atoms with Crippen LogP contribution in [0.1, 0.15) is 24.2 Å². The lowest BCUT2D eigenvalue weighted by atomic mass is 10.1. The Kier molecular flexibility index (Phi) is 9.76. The molecule has 7 heteroatoms. The minimum atomic E-state index is -1.59. The van der Waals surface area contributed by atoms with Crippen molar-refractivity contribution in [2.75, 3.05) is 12.4 Å². The number of benzene rings is 2. The predicted molar refractivity (Wildman–Crippen MR) is 102 cm³/mol. The number of thioether (sulfide) groups is 1. The molecule has 25 heavy (non-hydrogen) atoms. The second kappa shape index (κ2) is 11.6. The highest BCUT2D eigenvalue weighted by Gasteiger charge is 2.09. The van der Waals surface area contributed by atoms with E-state index in [1.165, 1.54) is 13.0 Å². The van der Waals surface area contributed by atoms with E-state index in [0.29, 0.717) is 10.5 Å². The van der Waals surface area contributed by atoms with Gasteiger partial charge in [0.15, 0.2) is 10.9 Å². The van der Waals surface area contributed by atoms with E-state index in [0.717, 1.165) is 24.1 Å². The van der Waals surface area contributed by atoms with Crippen LogP contribution < -0.4 is 9.88 Å². The van der Waals surface area contributed by atoms with Gasteiger partial charge in [0.2, 0.25) is 0 Å². The summed E-state index contributed by atoms with van der Waals surface area (Å²) in [6, 6.07) is 16.1. The Morgan fingerprint density at radius 1 is 1.12 bits per heavy atom. The zero-order chi connectivity index (χ0) is 18.7. The van der Waals surface area contributed by atoms with Gasteiger partial charge in [0.05, 0.1) is 17.3 Å². The zero-order valence-electron chi connectivity index (χ0n) is 14.1. The third-order valence-electron chi connectivity index (χ3n) is 2.85. The Balaban J connectivity index is 0.000000293. The molecule has 1 unspecified atom stereocenters. The molecule has 0 fully saturated rings. The molecule has 0 aliphatic heterocycles. The molecule has 0 spiro atoms. The van der Waals surface area contributed by atoms with Crippen LogP contribution in [0.2, 0.25) is 0 Å². The van der Waals surface area contributed by atoms with Gasteiger partial charge < -0.3 is 4.74 Å². The smallest absolute Gasteiger partial charge is 0.186 e. The SMILES string of the molecule is CC(=O)SCC(=O)c1cccc(S(N)=O)c1.CCOc1ccccc1. The number of rotatable bonds is 6. The van der Waals surface area contributed by atoms with Crippen LogP contribution in [-0.2, 0) is 15.8 Å². The van der Waals surface area contributed by atoms with E-state index in [4.69, 9.17) is 9.88 Å². The molecule has 0 bridgehead atoms. The third-order valence-corrected chi connectivity index (χ3v) is 4.38. The molecule has 2 aromatic carbocycles. The van der Waals surface area contributed by atoms with Crippen molar-refractivity contribution >= 4 is 33.6 Å². The average molecular weight is 380 g/mol. The maximum absolute atomic E-state index is 11.6. The molecule has 2 rings (SSSR count). The van der Waals surface area contributed by atoms with Crippen molar-refractivity contribution in [3.8, 4) is 5.75 Å². The third kappa shape index (κ3) is 8.62. The molecule has 0 radical (unpaired) electrons. The normalized spacial score (nSPS) is 11.0. The Morgan fingerprint density at radius 3 is 2.36 bits per heavy atom. The van der Waals surface area contributed by atoms with Gasteiger partial charge in [-0.3, -0.25) is 9.59 Å². The number of para-hydroxylation sites is 1. The minimum absolute atomic E-state index is 0.0932. The average Bonchev–Trinajstić information content (AvgIpc) is 2.61. The Morgan fingerprint density at radius 2 is 1.80 bits per heavy atom. The van der Waals surface area contributed by atoms with Crippen molar-refractivity contribution in [3.63, 3.8) is 0 Å². The Bertz CT molecular complexity index is 720. The molecular formula is C18H21NO4S2. The van der Waals surface area contributed by atoms with Crippen LogP contribution in [0.3, 0.4) is 0 Å². The fourth-order valence-electron chi connectivity index (χ4n) is 1.73. The molecule has 2 N–H and O–H groups in total. The number of ketones is 1. The molecular weight excluding hydrogens is 358 g/mol. The maximum Gasteiger partial charge on any atom is 0.186 e. The van der Waals surface area contributed by atoms with E-state index >= 15 is 0 Å². The Hall–Kier alpha value is -1.96. The number of Topliss-reactive ketones (excluding diaryl/α,β-unsaturated/α-hetero) is 1. The maximum atomic E-state index is 11.6. The molecule has 1 atom stereocenters. The Labute approximate surface area is 154 Å². The van der Waals surface area contributed by atoms with Gasteiger partial charge in [-0.05, 0) is 31.2 Å². The second-order valence-corrected chi connectivity index (χ2v) is 6.99. The van der Waals surface area contributed by atoms with E-state index in [1.54, 1.807) is 18.2 Å². The molecule has 2 aromatic rings. The quantitative estimate of drug-likeness (QED) is 0.779. The molecule has 0 aliphatic rings. The van der Waals surface area contributed by atoms with Gasteiger partial charge in [0.1, 0.15) is 16.7 Å². The number of nitrogens with two attached hydrogens (primary N) is 1. The van der Waals surface area contributed by atoms with Gasteiger partial charge in [0, 0.05) is 12.5 Å². The van der Waals surface area contributed by atoms with Crippen molar-refractivity contribution in [2.45, 2.75) is 18.7 Å². The van der Waals surface area contributed by atoms with Crippen molar-refractivity contribution in [1.82, 2.24) is 0 Å². The van der Waals surface area contributed by atoms with E-state index in [2.05, 4.69) is 0 Å². The first-order valence-corrected chi connectivity index (χ1v) is 9.74. The largest absolute Gasteiger partial charge is 0.494 e. The first-order chi connectivity index (χ1) is 11.9. The summed E-state index contributed by atoms with van der Waals surface area (Å²) in [7, 11) is -1.59. The molecule has 0 heterocycles. The molecule has 134 valence electrons. The van der Waals surface area contributed by atoms with Crippen LogP contribution in [0.4, 0.5) is 0 Å².